The van der Waals surface area contributed by atoms with Crippen molar-refractivity contribution in [2.45, 2.75) is 25.5 Å². The van der Waals surface area contributed by atoms with Crippen LogP contribution < -0.4 is 10.2 Å². The first-order valence-corrected chi connectivity index (χ1v) is 8.59. The number of aliphatic hydroxyl groups excluding tert-OH is 1. The van der Waals surface area contributed by atoms with Crippen molar-refractivity contribution < 1.29 is 14.3 Å². The summed E-state index contributed by atoms with van der Waals surface area (Å²) in [5.74, 6) is -0.440. The van der Waals surface area contributed by atoms with E-state index in [2.05, 4.69) is 5.32 Å². The smallest absolute Gasteiger partial charge is 0.252 e. The molecule has 122 valence electrons. The summed E-state index contributed by atoms with van der Waals surface area (Å²) in [6.07, 6.45) is 1.05. The predicted octanol–water partition coefficient (Wildman–Crippen LogP) is 2.78. The first-order chi connectivity index (χ1) is 11.1. The van der Waals surface area contributed by atoms with E-state index in [0.29, 0.717) is 43.7 Å². The Morgan fingerprint density at radius 1 is 1.35 bits per heavy atom. The Morgan fingerprint density at radius 3 is 2.78 bits per heavy atom. The molecule has 2 aromatic rings. The molecule has 0 bridgehead atoms. The Balaban J connectivity index is 1.61. The van der Waals surface area contributed by atoms with Crippen molar-refractivity contribution in [2.24, 2.45) is 0 Å². The zero-order valence-corrected chi connectivity index (χ0v) is 13.5. The number of carbonyl (C=O) groups excluding carboxylic acids is 1. The van der Waals surface area contributed by atoms with Crippen LogP contribution >= 0.6 is 11.3 Å². The van der Waals surface area contributed by atoms with Gasteiger partial charge in [-0.05, 0) is 42.0 Å². The van der Waals surface area contributed by atoms with E-state index < -0.39 is 0 Å². The van der Waals surface area contributed by atoms with E-state index in [1.807, 2.05) is 16.3 Å². The second-order valence-electron chi connectivity index (χ2n) is 5.70. The molecular formula is C17H19FN2O2S. The number of rotatable bonds is 4. The summed E-state index contributed by atoms with van der Waals surface area (Å²) < 4.78 is 14.3. The summed E-state index contributed by atoms with van der Waals surface area (Å²) in [4.78, 5) is 13.8. The summed E-state index contributed by atoms with van der Waals surface area (Å²) >= 11 is 1.47. The van der Waals surface area contributed by atoms with Gasteiger partial charge in [-0.3, -0.25) is 4.79 Å². The lowest BCUT2D eigenvalue weighted by Gasteiger charge is -2.31. The van der Waals surface area contributed by atoms with Crippen molar-refractivity contribution in [1.82, 2.24) is 5.32 Å². The average Bonchev–Trinajstić information content (AvgIpc) is 3.08. The third-order valence-corrected chi connectivity index (χ3v) is 4.74. The van der Waals surface area contributed by atoms with E-state index in [1.54, 1.807) is 17.5 Å². The Labute approximate surface area is 138 Å². The summed E-state index contributed by atoms with van der Waals surface area (Å²) in [6.45, 7) is 1.61. The van der Waals surface area contributed by atoms with E-state index in [1.165, 1.54) is 17.4 Å². The van der Waals surface area contributed by atoms with Crippen molar-refractivity contribution in [3.05, 3.63) is 52.0 Å². The minimum Gasteiger partial charge on any atom is -0.393 e. The topological polar surface area (TPSA) is 52.6 Å². The largest absolute Gasteiger partial charge is 0.393 e. The standard InChI is InChI=1S/C17H19FN2O2S/c18-15-9-12(10-19-17(22)13-5-8-23-11-13)1-2-16(15)20-6-3-14(21)4-7-20/h1-2,5,8-9,11,14,21H,3-4,6-7,10H2,(H,19,22). The molecule has 1 aromatic heterocycles. The number of nitrogens with zero attached hydrogens (tertiary/aromatic N) is 1. The molecule has 4 nitrogen and oxygen atoms in total. The maximum absolute atomic E-state index is 14.3. The molecule has 2 N–H and O–H groups in total. The number of carbonyl (C=O) groups is 1. The molecule has 1 aromatic carbocycles. The molecule has 0 atom stereocenters. The van der Waals surface area contributed by atoms with Gasteiger partial charge >= 0.3 is 0 Å². The van der Waals surface area contributed by atoms with Crippen molar-refractivity contribution in [2.75, 3.05) is 18.0 Å². The summed E-state index contributed by atoms with van der Waals surface area (Å²) in [7, 11) is 0. The molecule has 1 fully saturated rings. The maximum Gasteiger partial charge on any atom is 0.252 e. The fourth-order valence-electron chi connectivity index (χ4n) is 2.70. The molecule has 1 aliphatic heterocycles. The summed E-state index contributed by atoms with van der Waals surface area (Å²) in [5, 5.41) is 15.9. The lowest BCUT2D eigenvalue weighted by molar-refractivity contribution is 0.0951. The van der Waals surface area contributed by atoms with Crippen LogP contribution in [0.25, 0.3) is 0 Å². The Kier molecular flexibility index (Phi) is 4.93. The Morgan fingerprint density at radius 2 is 2.13 bits per heavy atom. The van der Waals surface area contributed by atoms with Crippen LogP contribution in [0.1, 0.15) is 28.8 Å². The molecule has 0 spiro atoms. The number of hydrogen-bond donors (Lipinski definition) is 2. The number of aliphatic hydroxyl groups is 1. The van der Waals surface area contributed by atoms with Gasteiger partial charge in [0.1, 0.15) is 5.82 Å². The molecule has 0 saturated carbocycles. The van der Waals surface area contributed by atoms with Crippen LogP contribution in [0.2, 0.25) is 0 Å². The van der Waals surface area contributed by atoms with Gasteiger partial charge in [-0.25, -0.2) is 4.39 Å². The van der Waals surface area contributed by atoms with Gasteiger partial charge in [-0.1, -0.05) is 6.07 Å². The molecule has 1 aliphatic rings. The highest BCUT2D eigenvalue weighted by molar-refractivity contribution is 7.08. The van der Waals surface area contributed by atoms with Crippen molar-refractivity contribution in [3.63, 3.8) is 0 Å². The van der Waals surface area contributed by atoms with Crippen LogP contribution in [0.15, 0.2) is 35.0 Å². The predicted molar refractivity (Wildman–Crippen MR) is 89.3 cm³/mol. The highest BCUT2D eigenvalue weighted by atomic mass is 32.1. The summed E-state index contributed by atoms with van der Waals surface area (Å²) in [5.41, 5.74) is 1.91. The quantitative estimate of drug-likeness (QED) is 0.904. The van der Waals surface area contributed by atoms with Crippen LogP contribution in [0.3, 0.4) is 0 Å². The van der Waals surface area contributed by atoms with Crippen LogP contribution in [-0.2, 0) is 6.54 Å². The van der Waals surface area contributed by atoms with Crippen molar-refractivity contribution >= 4 is 22.9 Å². The zero-order valence-electron chi connectivity index (χ0n) is 12.7. The summed E-state index contributed by atoms with van der Waals surface area (Å²) in [6, 6.07) is 6.80. The second-order valence-corrected chi connectivity index (χ2v) is 6.48. The molecule has 0 aliphatic carbocycles. The van der Waals surface area contributed by atoms with Gasteiger partial charge in [0.15, 0.2) is 0 Å². The first kappa shape index (κ1) is 16.0. The molecular weight excluding hydrogens is 315 g/mol. The lowest BCUT2D eigenvalue weighted by Crippen LogP contribution is -2.36. The van der Waals surface area contributed by atoms with Gasteiger partial charge in [-0.15, -0.1) is 0 Å². The number of halogens is 1. The van der Waals surface area contributed by atoms with E-state index in [0.717, 1.165) is 5.56 Å². The second kappa shape index (κ2) is 7.10. The molecule has 1 saturated heterocycles. The zero-order chi connectivity index (χ0) is 16.2. The van der Waals surface area contributed by atoms with Crippen LogP contribution in [-0.4, -0.2) is 30.2 Å². The van der Waals surface area contributed by atoms with Gasteiger partial charge in [0.2, 0.25) is 0 Å². The normalized spacial score (nSPS) is 15.7. The Bertz CT molecular complexity index is 667. The molecule has 1 amide bonds. The van der Waals surface area contributed by atoms with E-state index >= 15 is 0 Å². The minimum absolute atomic E-state index is 0.152. The number of hydrogen-bond acceptors (Lipinski definition) is 4. The lowest BCUT2D eigenvalue weighted by atomic mass is 10.1. The van der Waals surface area contributed by atoms with Crippen molar-refractivity contribution in [1.29, 1.82) is 0 Å². The number of thiophene rings is 1. The highest BCUT2D eigenvalue weighted by Crippen LogP contribution is 2.24. The Hall–Kier alpha value is -1.92. The third-order valence-electron chi connectivity index (χ3n) is 4.05. The van der Waals surface area contributed by atoms with Gasteiger partial charge < -0.3 is 15.3 Å². The van der Waals surface area contributed by atoms with E-state index in [4.69, 9.17) is 0 Å². The fraction of sp³-hybridized carbons (Fsp3) is 0.353. The SMILES string of the molecule is O=C(NCc1ccc(N2CCC(O)CC2)c(F)c1)c1ccsc1. The molecule has 0 radical (unpaired) electrons. The van der Waals surface area contributed by atoms with Gasteiger partial charge in [0, 0.05) is 30.6 Å². The highest BCUT2D eigenvalue weighted by Gasteiger charge is 2.19. The molecule has 6 heteroatoms. The maximum atomic E-state index is 14.3. The molecule has 2 heterocycles. The first-order valence-electron chi connectivity index (χ1n) is 7.65. The average molecular weight is 334 g/mol. The monoisotopic (exact) mass is 334 g/mol. The number of amides is 1. The van der Waals surface area contributed by atoms with Crippen LogP contribution in [0.4, 0.5) is 10.1 Å². The van der Waals surface area contributed by atoms with E-state index in [9.17, 15) is 14.3 Å². The van der Waals surface area contributed by atoms with Crippen LogP contribution in [0, 0.1) is 5.82 Å². The van der Waals surface area contributed by atoms with Gasteiger partial charge in [-0.2, -0.15) is 11.3 Å². The number of anilines is 1. The third kappa shape index (κ3) is 3.89. The van der Waals surface area contributed by atoms with Crippen LogP contribution in [0.5, 0.6) is 0 Å². The number of benzene rings is 1. The number of piperidine rings is 1. The fourth-order valence-corrected chi connectivity index (χ4v) is 3.34. The molecule has 0 unspecified atom stereocenters. The van der Waals surface area contributed by atoms with E-state index in [-0.39, 0.29) is 17.8 Å². The minimum atomic E-state index is -0.288. The molecule has 23 heavy (non-hydrogen) atoms. The van der Waals surface area contributed by atoms with Gasteiger partial charge in [0.05, 0.1) is 11.8 Å². The molecule has 3 rings (SSSR count). The number of nitrogens with one attached hydrogen (secondary N) is 1. The van der Waals surface area contributed by atoms with Crippen molar-refractivity contribution in [3.8, 4) is 0 Å². The van der Waals surface area contributed by atoms with Gasteiger partial charge in [0.25, 0.3) is 5.91 Å².